The lowest BCUT2D eigenvalue weighted by Gasteiger charge is -1.33. The minimum absolute atomic E-state index is 1.68. The molecule has 1 atom stereocenters. The van der Waals surface area contributed by atoms with E-state index < -0.39 is 6.88 Å². The highest BCUT2D eigenvalue weighted by atomic mass is 32.7. The lowest BCUT2D eigenvalue weighted by Crippen LogP contribution is -1.25. The monoisotopic (exact) mass is 91.0 g/mol. The van der Waals surface area contributed by atoms with E-state index in [-0.39, 0.29) is 0 Å². The van der Waals surface area contributed by atoms with Crippen molar-refractivity contribution in [3.63, 3.8) is 0 Å². The molecule has 0 spiro atoms. The molecular formula is HBOPS+. The predicted octanol–water partition coefficient (Wildman–Crippen LogP) is 0.742. The molecule has 0 aromatic heterocycles. The van der Waals surface area contributed by atoms with Gasteiger partial charge in [0, 0.05) is 0 Å². The fourth-order valence-electron chi connectivity index (χ4n) is 0. The molecule has 0 saturated heterocycles. The van der Waals surface area contributed by atoms with Gasteiger partial charge in [-0.2, -0.15) is 0 Å². The van der Waals surface area contributed by atoms with E-state index in [2.05, 4.69) is 19.8 Å². The van der Waals surface area contributed by atoms with Gasteiger partial charge in [-0.25, -0.2) is 0 Å². The molecule has 0 heterocycles. The van der Waals surface area contributed by atoms with Crippen LogP contribution in [0.3, 0.4) is 0 Å². The van der Waals surface area contributed by atoms with Crippen molar-refractivity contribution in [3.05, 3.63) is 0 Å². The van der Waals surface area contributed by atoms with E-state index in [0.717, 1.165) is 0 Å². The molecule has 0 aliphatic carbocycles. The van der Waals surface area contributed by atoms with Gasteiger partial charge in [0.2, 0.25) is 0 Å². The van der Waals surface area contributed by atoms with Crippen LogP contribution in [-0.2, 0) is 4.57 Å². The van der Waals surface area contributed by atoms with Crippen LogP contribution in [0.1, 0.15) is 0 Å². The van der Waals surface area contributed by atoms with Gasteiger partial charge in [-0.15, -0.1) is 0 Å². The zero-order valence-electron chi connectivity index (χ0n) is 1.88. The molecule has 0 bridgehead atoms. The van der Waals surface area contributed by atoms with Crippen molar-refractivity contribution < 1.29 is 4.57 Å². The Kier molecular flexibility index (Phi) is 2.03. The van der Waals surface area contributed by atoms with Crippen molar-refractivity contribution in [2.24, 2.45) is 0 Å². The van der Waals surface area contributed by atoms with Gasteiger partial charge >= 0.3 is 14.4 Å². The zero-order chi connectivity index (χ0) is 3.58. The largest absolute Gasteiger partial charge is 0.522 e. The third-order valence-corrected chi connectivity index (χ3v) is 0. The molecule has 0 aliphatic rings. The second kappa shape index (κ2) is 1.80. The molecule has 4 heavy (non-hydrogen) atoms. The van der Waals surface area contributed by atoms with Crippen molar-refractivity contribution in [2.75, 3.05) is 0 Å². The van der Waals surface area contributed by atoms with Crippen LogP contribution in [-0.4, -0.2) is 7.57 Å². The van der Waals surface area contributed by atoms with Crippen molar-refractivity contribution in [3.8, 4) is 0 Å². The molecule has 0 fully saturated rings. The summed E-state index contributed by atoms with van der Waals surface area (Å²) < 4.78 is 9.23. The molecule has 0 saturated carbocycles. The fourth-order valence-corrected chi connectivity index (χ4v) is 0. The summed E-state index contributed by atoms with van der Waals surface area (Å²) in [5.74, 6) is 0. The molecule has 0 aliphatic heterocycles. The standard InChI is InChI=1S/BHOPS/c1-3(2)4/h(H,2,4)/q+1. The first-order valence-corrected chi connectivity index (χ1v) is 3.12. The Hall–Kier alpha value is 0.515. The lowest BCUT2D eigenvalue weighted by atomic mass is 10.8. The molecule has 2 radical (unpaired) electrons. The van der Waals surface area contributed by atoms with E-state index in [4.69, 9.17) is 0 Å². The van der Waals surface area contributed by atoms with Crippen LogP contribution < -0.4 is 0 Å². The summed E-state index contributed by atoms with van der Waals surface area (Å²) in [5, 5.41) is 0. The van der Waals surface area contributed by atoms with Crippen molar-refractivity contribution in [1.29, 1.82) is 0 Å². The van der Waals surface area contributed by atoms with Gasteiger partial charge in [0.15, 0.2) is 0 Å². The van der Waals surface area contributed by atoms with E-state index in [1.807, 2.05) is 0 Å². The summed E-state index contributed by atoms with van der Waals surface area (Å²) in [4.78, 5) is 0. The second-order valence-electron chi connectivity index (χ2n) is 0.303. The van der Waals surface area contributed by atoms with E-state index in [0.29, 0.717) is 0 Å². The average Bonchev–Trinajstić information content (AvgIpc) is 0.811. The zero-order valence-corrected chi connectivity index (χ0v) is 3.67. The van der Waals surface area contributed by atoms with Crippen molar-refractivity contribution >= 4 is 26.7 Å². The smallest absolute Gasteiger partial charge is 0.0860 e. The molecule has 0 aromatic rings. The third-order valence-electron chi connectivity index (χ3n) is 0. The van der Waals surface area contributed by atoms with Crippen LogP contribution in [0.15, 0.2) is 0 Å². The highest BCUT2D eigenvalue weighted by molar-refractivity contribution is 8.48. The predicted molar refractivity (Wildman–Crippen MR) is 22.3 cm³/mol. The Bertz CT molecular complexity index is 31.0. The molecule has 0 amide bonds. The maximum atomic E-state index is 9.23. The van der Waals surface area contributed by atoms with Crippen LogP contribution >= 0.6 is 19.1 Å². The van der Waals surface area contributed by atoms with E-state index in [1.165, 1.54) is 0 Å². The summed E-state index contributed by atoms with van der Waals surface area (Å²) in [5.41, 5.74) is 0. The van der Waals surface area contributed by atoms with Crippen LogP contribution in [0.5, 0.6) is 0 Å². The lowest BCUT2D eigenvalue weighted by molar-refractivity contribution is 0.603. The Morgan fingerprint density at radius 1 is 2.00 bits per heavy atom. The SMILES string of the molecule is [B][P+](=O)S. The molecule has 20 valence electrons. The van der Waals surface area contributed by atoms with Crippen LogP contribution in [0.2, 0.25) is 0 Å². The van der Waals surface area contributed by atoms with Crippen molar-refractivity contribution in [2.45, 2.75) is 0 Å². The number of hydrogen-bond acceptors (Lipinski definition) is 1. The molecule has 0 rings (SSSR count). The minimum atomic E-state index is -1.68. The Balaban J connectivity index is 2.80. The molecule has 4 heteroatoms. The fraction of sp³-hybridized carbons (Fsp3) is 0. The van der Waals surface area contributed by atoms with Gasteiger partial charge in [0.25, 0.3) is 0 Å². The van der Waals surface area contributed by atoms with Gasteiger partial charge < -0.3 is 0 Å². The Labute approximate surface area is 32.1 Å². The molecule has 1 unspecified atom stereocenters. The molecular weight excluding hydrogens is 89.9 g/mol. The first-order valence-electron chi connectivity index (χ1n) is 0.641. The first-order chi connectivity index (χ1) is 1.73. The van der Waals surface area contributed by atoms with Gasteiger partial charge in [-0.05, 0) is 0 Å². The minimum Gasteiger partial charge on any atom is -0.0860 e. The van der Waals surface area contributed by atoms with Crippen LogP contribution in [0.4, 0.5) is 0 Å². The topological polar surface area (TPSA) is 17.1 Å². The maximum Gasteiger partial charge on any atom is 0.522 e. The highest BCUT2D eigenvalue weighted by Crippen LogP contribution is 2.15. The normalized spacial score (nSPS) is 10.8. The van der Waals surface area contributed by atoms with Crippen LogP contribution in [0, 0.1) is 0 Å². The summed E-state index contributed by atoms with van der Waals surface area (Å²) in [6.45, 7) is -1.68. The van der Waals surface area contributed by atoms with Crippen molar-refractivity contribution in [1.82, 2.24) is 0 Å². The van der Waals surface area contributed by atoms with Gasteiger partial charge in [-0.3, -0.25) is 0 Å². The summed E-state index contributed by atoms with van der Waals surface area (Å²) in [6.07, 6.45) is 0. The average molecular weight is 90.9 g/mol. The molecule has 0 N–H and O–H groups in total. The molecule has 0 aromatic carbocycles. The van der Waals surface area contributed by atoms with E-state index >= 15 is 0 Å². The Morgan fingerprint density at radius 2 is 2.00 bits per heavy atom. The Morgan fingerprint density at radius 3 is 2.00 bits per heavy atom. The van der Waals surface area contributed by atoms with Gasteiger partial charge in [0.1, 0.15) is 0 Å². The summed E-state index contributed by atoms with van der Waals surface area (Å²) in [6, 6.07) is 0. The van der Waals surface area contributed by atoms with E-state index in [9.17, 15) is 4.57 Å². The number of hydrogen-bond donors (Lipinski definition) is 1. The van der Waals surface area contributed by atoms with Gasteiger partial charge in [0.05, 0.1) is 12.2 Å². The number of thiol groups is 1. The van der Waals surface area contributed by atoms with E-state index in [1.54, 1.807) is 0 Å². The second-order valence-corrected chi connectivity index (χ2v) is 2.09. The first kappa shape index (κ1) is 4.51. The third kappa shape index (κ3) is 21.8. The molecule has 1 nitrogen and oxygen atoms in total. The van der Waals surface area contributed by atoms with Gasteiger partial charge in [-0.1, -0.05) is 4.57 Å². The highest BCUT2D eigenvalue weighted by Gasteiger charge is 1.87. The summed E-state index contributed by atoms with van der Waals surface area (Å²) in [7, 11) is 4.48. The summed E-state index contributed by atoms with van der Waals surface area (Å²) >= 11 is 3.25. The van der Waals surface area contributed by atoms with Crippen LogP contribution in [0.25, 0.3) is 0 Å². The number of rotatable bonds is 0. The quantitative estimate of drug-likeness (QED) is 0.264. The maximum absolute atomic E-state index is 9.23.